The number of hydrogen-bond donors (Lipinski definition) is 1. The average molecular weight is 250 g/mol. The zero-order valence-corrected chi connectivity index (χ0v) is 11.9. The lowest BCUT2D eigenvalue weighted by Gasteiger charge is -2.27. The minimum atomic E-state index is -2.96. The Balaban J connectivity index is 4.37. The summed E-state index contributed by atoms with van der Waals surface area (Å²) in [7, 11) is -4.87. The van der Waals surface area contributed by atoms with Crippen molar-refractivity contribution in [2.75, 3.05) is 0 Å². The van der Waals surface area contributed by atoms with E-state index in [9.17, 15) is 4.46 Å². The molecule has 0 rings (SSSR count). The molecule has 0 aromatic carbocycles. The molecule has 0 aliphatic rings. The molecule has 0 spiro atoms. The third-order valence-corrected chi connectivity index (χ3v) is 7.47. The lowest BCUT2D eigenvalue weighted by molar-refractivity contribution is -0.140. The van der Waals surface area contributed by atoms with E-state index in [1.54, 1.807) is 0 Å². The Bertz CT molecular complexity index is 170. The molecule has 90 valence electrons. The van der Waals surface area contributed by atoms with E-state index in [-0.39, 0.29) is 0 Å². The highest BCUT2D eigenvalue weighted by Gasteiger charge is 2.36. The Morgan fingerprint density at radius 2 is 1.47 bits per heavy atom. The van der Waals surface area contributed by atoms with Gasteiger partial charge in [-0.15, -0.1) is 0 Å². The van der Waals surface area contributed by atoms with Crippen molar-refractivity contribution >= 4 is 17.5 Å². The highest BCUT2D eigenvalue weighted by atomic mass is 28.4. The maximum absolute atomic E-state index is 10.5. The van der Waals surface area contributed by atoms with Gasteiger partial charge in [-0.05, 0) is 18.1 Å². The van der Waals surface area contributed by atoms with E-state index in [1.165, 1.54) is 0 Å². The molecule has 6 heteroatoms. The van der Waals surface area contributed by atoms with Gasteiger partial charge < -0.3 is 9.37 Å². The van der Waals surface area contributed by atoms with Crippen LogP contribution >= 0.6 is 0 Å². The van der Waals surface area contributed by atoms with Crippen molar-refractivity contribution in [2.24, 2.45) is 0 Å². The molecule has 0 heterocycles. The largest absolute Gasteiger partial charge is 0.797 e. The zero-order valence-electron chi connectivity index (χ0n) is 9.91. The Morgan fingerprint density at radius 1 is 1.07 bits per heavy atom. The van der Waals surface area contributed by atoms with Gasteiger partial charge in [-0.2, -0.15) is 0 Å². The molecule has 0 saturated heterocycles. The van der Waals surface area contributed by atoms with Crippen LogP contribution in [-0.4, -0.2) is 22.3 Å². The predicted octanol–water partition coefficient (Wildman–Crippen LogP) is 2.52. The lowest BCUT2D eigenvalue weighted by atomic mass is 10.6. The van der Waals surface area contributed by atoms with Crippen molar-refractivity contribution in [3.05, 3.63) is 0 Å². The highest BCUT2D eigenvalue weighted by molar-refractivity contribution is 6.73. The first-order valence-electron chi connectivity index (χ1n) is 5.68. The van der Waals surface area contributed by atoms with Crippen LogP contribution in [0.4, 0.5) is 0 Å². The smallest absolute Gasteiger partial charge is 0.510 e. The van der Waals surface area contributed by atoms with Gasteiger partial charge in [-0.25, -0.2) is 0 Å². The fourth-order valence-electron chi connectivity index (χ4n) is 1.99. The van der Waals surface area contributed by atoms with Gasteiger partial charge >= 0.3 is 9.17 Å². The van der Waals surface area contributed by atoms with Crippen LogP contribution in [0.2, 0.25) is 18.1 Å². The molecule has 0 saturated carbocycles. The van der Waals surface area contributed by atoms with Crippen LogP contribution in [0.3, 0.4) is 0 Å². The van der Waals surface area contributed by atoms with Gasteiger partial charge in [0, 0.05) is 0 Å². The molecule has 0 aromatic rings. The second-order valence-corrected chi connectivity index (χ2v) is 8.60. The van der Waals surface area contributed by atoms with Crippen molar-refractivity contribution < 1.29 is 18.4 Å². The van der Waals surface area contributed by atoms with Gasteiger partial charge in [0.05, 0.1) is 0 Å². The first kappa shape index (κ1) is 14.8. The van der Waals surface area contributed by atoms with Crippen LogP contribution in [0.15, 0.2) is 0 Å². The Kier molecular flexibility index (Phi) is 7.90. The summed E-state index contributed by atoms with van der Waals surface area (Å²) in [5, 5.41) is 0. The number of rotatable bonds is 9. The third-order valence-electron chi connectivity index (χ3n) is 2.41. The monoisotopic (exact) mass is 250 g/mol. The van der Waals surface area contributed by atoms with Gasteiger partial charge in [0.15, 0.2) is 0 Å². The molecule has 0 atom stereocenters. The van der Waals surface area contributed by atoms with Crippen LogP contribution in [0.1, 0.15) is 40.0 Å². The summed E-state index contributed by atoms with van der Waals surface area (Å²) in [6, 6.07) is 3.01. The molecule has 4 nitrogen and oxygen atoms in total. The second kappa shape index (κ2) is 8.01. The summed E-state index contributed by atoms with van der Waals surface area (Å²) in [4.78, 5) is 8.64. The predicted molar refractivity (Wildman–Crippen MR) is 61.9 cm³/mol. The molecule has 15 heavy (non-hydrogen) atoms. The quantitative estimate of drug-likeness (QED) is 0.388. The van der Waals surface area contributed by atoms with Crippen LogP contribution in [0.25, 0.3) is 0 Å². The minimum Gasteiger partial charge on any atom is -0.510 e. The van der Waals surface area contributed by atoms with Crippen molar-refractivity contribution in [2.45, 2.75) is 58.2 Å². The van der Waals surface area contributed by atoms with Gasteiger partial charge in [-0.3, -0.25) is 9.04 Å². The summed E-state index contributed by atoms with van der Waals surface area (Å²) in [5.41, 5.74) is 0. The van der Waals surface area contributed by atoms with Gasteiger partial charge in [0.2, 0.25) is 0 Å². The molecule has 1 N–H and O–H groups in total. The molecule has 0 unspecified atom stereocenters. The molecular formula is C9H22O4Si2. The minimum absolute atomic E-state index is 1.00. The molecule has 0 aromatic heterocycles. The first-order valence-corrected chi connectivity index (χ1v) is 9.48. The van der Waals surface area contributed by atoms with Crippen LogP contribution in [0, 0.1) is 0 Å². The van der Waals surface area contributed by atoms with Gasteiger partial charge in [-0.1, -0.05) is 40.0 Å². The Labute approximate surface area is 94.6 Å². The summed E-state index contributed by atoms with van der Waals surface area (Å²) < 4.78 is 20.4. The van der Waals surface area contributed by atoms with Crippen LogP contribution in [-0.2, 0) is 13.6 Å². The van der Waals surface area contributed by atoms with E-state index in [0.29, 0.717) is 0 Å². The zero-order chi connectivity index (χ0) is 11.7. The van der Waals surface area contributed by atoms with Crippen molar-refractivity contribution in [3.8, 4) is 0 Å². The van der Waals surface area contributed by atoms with Crippen molar-refractivity contribution in [3.63, 3.8) is 0 Å². The van der Waals surface area contributed by atoms with E-state index >= 15 is 0 Å². The maximum Gasteiger partial charge on any atom is 0.797 e. The molecule has 0 aliphatic carbocycles. The molecule has 0 bridgehead atoms. The molecule has 0 radical (unpaired) electrons. The van der Waals surface area contributed by atoms with Crippen LogP contribution < -0.4 is 0 Å². The average Bonchev–Trinajstić information content (AvgIpc) is 2.16. The fourth-order valence-corrected chi connectivity index (χ4v) is 6.72. The number of hydrogen-bond acceptors (Lipinski definition) is 3. The summed E-state index contributed by atoms with van der Waals surface area (Å²) in [5.74, 6) is 0. The maximum atomic E-state index is 10.5. The standard InChI is InChI=1S/C9H22O4Si2/c1-4-7-15(8-5-2,9-6-3)13-12-14(10)11/h10H,4-9H2,1-3H3. The highest BCUT2D eigenvalue weighted by Crippen LogP contribution is 2.27. The van der Waals surface area contributed by atoms with Crippen molar-refractivity contribution in [1.82, 2.24) is 0 Å². The fraction of sp³-hybridized carbons (Fsp3) is 1.00. The second-order valence-electron chi connectivity index (χ2n) is 3.87. The topological polar surface area (TPSA) is 55.8 Å². The van der Waals surface area contributed by atoms with E-state index < -0.39 is 17.5 Å². The third kappa shape index (κ3) is 6.06. The summed E-state index contributed by atoms with van der Waals surface area (Å²) in [6.45, 7) is 6.33. The SMILES string of the molecule is CCC[Si](CCC)(CCC)OO[Si](=O)O. The van der Waals surface area contributed by atoms with Gasteiger partial charge in [0.25, 0.3) is 8.32 Å². The molecule has 0 amide bonds. The molecular weight excluding hydrogens is 228 g/mol. The van der Waals surface area contributed by atoms with E-state index in [4.69, 9.17) is 9.37 Å². The molecule has 0 aliphatic heterocycles. The first-order chi connectivity index (χ1) is 7.10. The lowest BCUT2D eigenvalue weighted by Crippen LogP contribution is -2.38. The van der Waals surface area contributed by atoms with E-state index in [0.717, 1.165) is 37.4 Å². The van der Waals surface area contributed by atoms with E-state index in [2.05, 4.69) is 25.3 Å². The summed E-state index contributed by atoms with van der Waals surface area (Å²) in [6.07, 6.45) is 3.13. The Hall–Kier alpha value is -0.206. The van der Waals surface area contributed by atoms with Crippen molar-refractivity contribution in [1.29, 1.82) is 0 Å². The Morgan fingerprint density at radius 3 is 1.73 bits per heavy atom. The normalized spacial score (nSPS) is 11.4. The van der Waals surface area contributed by atoms with E-state index in [1.807, 2.05) is 0 Å². The van der Waals surface area contributed by atoms with Gasteiger partial charge in [0.1, 0.15) is 0 Å². The summed E-state index contributed by atoms with van der Waals surface area (Å²) >= 11 is 0. The molecule has 0 fully saturated rings. The van der Waals surface area contributed by atoms with Crippen LogP contribution in [0.5, 0.6) is 0 Å².